The van der Waals surface area contributed by atoms with E-state index < -0.39 is 6.04 Å². The molecule has 2 heterocycles. The van der Waals surface area contributed by atoms with Crippen molar-refractivity contribution < 1.29 is 13.9 Å². The molecule has 0 saturated carbocycles. The third kappa shape index (κ3) is 3.49. The summed E-state index contributed by atoms with van der Waals surface area (Å²) in [6, 6.07) is 9.48. The molecule has 2 aromatic heterocycles. The van der Waals surface area contributed by atoms with Crippen LogP contribution in [0, 0.1) is 5.92 Å². The van der Waals surface area contributed by atoms with Crippen LogP contribution in [0.2, 0.25) is 0 Å². The average Bonchev–Trinajstić information content (AvgIpc) is 3.20. The number of carbonyl (C=O) groups is 1. The topological polar surface area (TPSA) is 70.2 Å². The molecular formula is C20H25N3O3. The molecule has 1 aromatic carbocycles. The Hall–Kier alpha value is -2.63. The molecule has 0 bridgehead atoms. The lowest BCUT2D eigenvalue weighted by atomic mass is 10.1. The van der Waals surface area contributed by atoms with Gasteiger partial charge in [-0.3, -0.25) is 0 Å². The maximum Gasteiger partial charge on any atom is 0.329 e. The highest BCUT2D eigenvalue weighted by molar-refractivity contribution is 5.88. The molecule has 0 amide bonds. The number of esters is 1. The number of rotatable bonds is 7. The quantitative estimate of drug-likeness (QED) is 0.587. The molecule has 6 heteroatoms. The first-order valence-electron chi connectivity index (χ1n) is 9.14. The molecule has 3 rings (SSSR count). The summed E-state index contributed by atoms with van der Waals surface area (Å²) < 4.78 is 13.1. The molecule has 0 radical (unpaired) electrons. The zero-order valence-electron chi connectivity index (χ0n) is 15.7. The van der Waals surface area contributed by atoms with Crippen molar-refractivity contribution in [2.24, 2.45) is 5.92 Å². The highest BCUT2D eigenvalue weighted by Crippen LogP contribution is 2.32. The number of carbonyl (C=O) groups excluding carboxylic acids is 1. The summed E-state index contributed by atoms with van der Waals surface area (Å²) in [4.78, 5) is 12.5. The fourth-order valence-electron chi connectivity index (χ4n) is 3.16. The maximum absolute atomic E-state index is 12.5. The van der Waals surface area contributed by atoms with Gasteiger partial charge in [-0.05, 0) is 31.4 Å². The average molecular weight is 355 g/mol. The number of fused-ring (bicyclic) bond motifs is 1. The molecule has 0 fully saturated rings. The van der Waals surface area contributed by atoms with Crippen molar-refractivity contribution >= 4 is 16.9 Å². The highest BCUT2D eigenvalue weighted by Gasteiger charge is 2.27. The monoisotopic (exact) mass is 355 g/mol. The Kier molecular flexibility index (Phi) is 5.40. The van der Waals surface area contributed by atoms with Crippen LogP contribution in [0.25, 0.3) is 22.5 Å². The number of para-hydroxylation sites is 1. The van der Waals surface area contributed by atoms with E-state index in [0.29, 0.717) is 30.7 Å². The Morgan fingerprint density at radius 1 is 1.23 bits per heavy atom. The van der Waals surface area contributed by atoms with Gasteiger partial charge in [0.15, 0.2) is 0 Å². The van der Waals surface area contributed by atoms with Gasteiger partial charge < -0.3 is 13.7 Å². The van der Waals surface area contributed by atoms with Crippen molar-refractivity contribution in [3.8, 4) is 11.6 Å². The summed E-state index contributed by atoms with van der Waals surface area (Å²) in [5, 5.41) is 9.41. The Morgan fingerprint density at radius 3 is 2.69 bits per heavy atom. The first-order chi connectivity index (χ1) is 12.5. The van der Waals surface area contributed by atoms with E-state index in [1.165, 1.54) is 0 Å². The predicted molar refractivity (Wildman–Crippen MR) is 99.7 cm³/mol. The largest absolute Gasteiger partial charge is 0.464 e. The van der Waals surface area contributed by atoms with E-state index in [1.807, 2.05) is 48.7 Å². The molecule has 1 atom stereocenters. The Labute approximate surface area is 153 Å². The summed E-state index contributed by atoms with van der Waals surface area (Å²) in [5.74, 6) is 1.21. The van der Waals surface area contributed by atoms with Crippen LogP contribution < -0.4 is 0 Å². The zero-order valence-corrected chi connectivity index (χ0v) is 15.7. The van der Waals surface area contributed by atoms with Crippen molar-refractivity contribution in [3.05, 3.63) is 36.2 Å². The summed E-state index contributed by atoms with van der Waals surface area (Å²) in [6.45, 7) is 8.35. The Morgan fingerprint density at radius 2 is 2.00 bits per heavy atom. The third-order valence-corrected chi connectivity index (χ3v) is 4.27. The van der Waals surface area contributed by atoms with Crippen LogP contribution >= 0.6 is 0 Å². The molecule has 0 aliphatic heterocycles. The predicted octanol–water partition coefficient (Wildman–Crippen LogP) is 4.40. The van der Waals surface area contributed by atoms with Gasteiger partial charge in [-0.2, -0.15) is 0 Å². The highest BCUT2D eigenvalue weighted by atomic mass is 16.5. The number of nitrogens with zero attached hydrogens (tertiary/aromatic N) is 3. The SMILES string of the molecule is CCOC(=O)C(CC)n1c(-c2nnc(CC(C)C)o2)cc2ccccc21. The number of aromatic nitrogens is 3. The first-order valence-corrected chi connectivity index (χ1v) is 9.14. The zero-order chi connectivity index (χ0) is 18.7. The second kappa shape index (κ2) is 7.72. The van der Waals surface area contributed by atoms with Crippen molar-refractivity contribution in [3.63, 3.8) is 0 Å². The van der Waals surface area contributed by atoms with Crippen LogP contribution in [0.4, 0.5) is 0 Å². The van der Waals surface area contributed by atoms with Crippen molar-refractivity contribution in [1.82, 2.24) is 14.8 Å². The van der Waals surface area contributed by atoms with Crippen molar-refractivity contribution in [1.29, 1.82) is 0 Å². The van der Waals surface area contributed by atoms with Crippen LogP contribution in [0.1, 0.15) is 46.0 Å². The molecule has 0 aliphatic rings. The van der Waals surface area contributed by atoms with Gasteiger partial charge in [0.2, 0.25) is 5.89 Å². The second-order valence-corrected chi connectivity index (χ2v) is 6.73. The summed E-state index contributed by atoms with van der Waals surface area (Å²) in [7, 11) is 0. The Bertz CT molecular complexity index is 895. The molecule has 0 N–H and O–H groups in total. The maximum atomic E-state index is 12.5. The molecule has 0 saturated heterocycles. The van der Waals surface area contributed by atoms with E-state index in [1.54, 1.807) is 0 Å². The lowest BCUT2D eigenvalue weighted by molar-refractivity contribution is -0.147. The number of ether oxygens (including phenoxy) is 1. The van der Waals surface area contributed by atoms with Gasteiger partial charge in [-0.15, -0.1) is 10.2 Å². The fraction of sp³-hybridized carbons (Fsp3) is 0.450. The van der Waals surface area contributed by atoms with Gasteiger partial charge in [0.05, 0.1) is 6.61 Å². The van der Waals surface area contributed by atoms with E-state index in [4.69, 9.17) is 9.15 Å². The van der Waals surface area contributed by atoms with Gasteiger partial charge in [0.25, 0.3) is 5.89 Å². The molecule has 26 heavy (non-hydrogen) atoms. The van der Waals surface area contributed by atoms with Crippen LogP contribution in [0.5, 0.6) is 0 Å². The third-order valence-electron chi connectivity index (χ3n) is 4.27. The molecule has 6 nitrogen and oxygen atoms in total. The van der Waals surface area contributed by atoms with Gasteiger partial charge in [0.1, 0.15) is 11.7 Å². The fourth-order valence-corrected chi connectivity index (χ4v) is 3.16. The van der Waals surface area contributed by atoms with Crippen LogP contribution in [0.15, 0.2) is 34.7 Å². The van der Waals surface area contributed by atoms with Crippen LogP contribution in [0.3, 0.4) is 0 Å². The summed E-state index contributed by atoms with van der Waals surface area (Å²) >= 11 is 0. The standard InChI is InChI=1S/C20H25N3O3/c1-5-15(20(24)25-6-2)23-16-10-8-7-9-14(16)12-17(23)19-22-21-18(26-19)11-13(3)4/h7-10,12-13,15H,5-6,11H2,1-4H3. The molecule has 3 aromatic rings. The molecule has 1 unspecified atom stereocenters. The smallest absolute Gasteiger partial charge is 0.329 e. The molecule has 138 valence electrons. The number of hydrogen-bond donors (Lipinski definition) is 0. The Balaban J connectivity index is 2.13. The molecule has 0 spiro atoms. The minimum absolute atomic E-state index is 0.250. The van der Waals surface area contributed by atoms with Gasteiger partial charge in [0, 0.05) is 17.3 Å². The van der Waals surface area contributed by atoms with Gasteiger partial charge >= 0.3 is 5.97 Å². The molecule has 0 aliphatic carbocycles. The van der Waals surface area contributed by atoms with Crippen LogP contribution in [-0.4, -0.2) is 27.3 Å². The molecular weight excluding hydrogens is 330 g/mol. The lowest BCUT2D eigenvalue weighted by Gasteiger charge is -2.19. The summed E-state index contributed by atoms with van der Waals surface area (Å²) in [6.07, 6.45) is 1.33. The van der Waals surface area contributed by atoms with E-state index in [0.717, 1.165) is 23.0 Å². The first kappa shape index (κ1) is 18.2. The van der Waals surface area contributed by atoms with E-state index in [9.17, 15) is 4.79 Å². The van der Waals surface area contributed by atoms with E-state index in [-0.39, 0.29) is 5.97 Å². The normalized spacial score (nSPS) is 12.7. The van der Waals surface area contributed by atoms with E-state index in [2.05, 4.69) is 24.0 Å². The van der Waals surface area contributed by atoms with Crippen molar-refractivity contribution in [2.75, 3.05) is 6.61 Å². The number of benzene rings is 1. The van der Waals surface area contributed by atoms with E-state index >= 15 is 0 Å². The van der Waals surface area contributed by atoms with Gasteiger partial charge in [-0.1, -0.05) is 39.0 Å². The van der Waals surface area contributed by atoms with Crippen molar-refractivity contribution in [2.45, 2.75) is 46.6 Å². The summed E-state index contributed by atoms with van der Waals surface area (Å²) in [5.41, 5.74) is 1.69. The minimum Gasteiger partial charge on any atom is -0.464 e. The second-order valence-electron chi connectivity index (χ2n) is 6.73. The minimum atomic E-state index is -0.440. The van der Waals surface area contributed by atoms with Crippen LogP contribution in [-0.2, 0) is 16.0 Å². The lowest BCUT2D eigenvalue weighted by Crippen LogP contribution is -2.22. The van der Waals surface area contributed by atoms with Gasteiger partial charge in [-0.25, -0.2) is 4.79 Å². The number of hydrogen-bond acceptors (Lipinski definition) is 5.